The van der Waals surface area contributed by atoms with Crippen molar-refractivity contribution in [3.8, 4) is 0 Å². The van der Waals surface area contributed by atoms with Gasteiger partial charge in [-0.2, -0.15) is 0 Å². The highest BCUT2D eigenvalue weighted by molar-refractivity contribution is 7.63. The zero-order valence-corrected chi connectivity index (χ0v) is 8.99. The third-order valence-electron chi connectivity index (χ3n) is 2.32. The van der Waals surface area contributed by atoms with Crippen LogP contribution < -0.4 is 0 Å². The van der Waals surface area contributed by atoms with E-state index in [9.17, 15) is 4.57 Å². The van der Waals surface area contributed by atoms with Gasteiger partial charge in [0, 0.05) is 6.16 Å². The maximum absolute atomic E-state index is 11.8. The van der Waals surface area contributed by atoms with Crippen molar-refractivity contribution in [1.29, 1.82) is 0 Å². The summed E-state index contributed by atoms with van der Waals surface area (Å²) in [5, 5.41) is 0. The molecule has 0 aromatic carbocycles. The first-order valence-electron chi connectivity index (χ1n) is 4.75. The summed E-state index contributed by atoms with van der Waals surface area (Å²) in [7, 11) is -1.71. The highest BCUT2D eigenvalue weighted by Crippen LogP contribution is 2.45. The number of unbranched alkanes of at least 4 members (excludes halogenated alkanes) is 2. The maximum atomic E-state index is 11.8. The maximum Gasteiger partial charge on any atom is 0.0872 e. The van der Waals surface area contributed by atoms with Crippen LogP contribution in [0, 0.1) is 0 Å². The van der Waals surface area contributed by atoms with E-state index in [0.29, 0.717) is 0 Å². The molecule has 0 heterocycles. The second-order valence-electron chi connectivity index (χ2n) is 3.12. The third kappa shape index (κ3) is 4.63. The van der Waals surface area contributed by atoms with Crippen molar-refractivity contribution < 1.29 is 4.57 Å². The van der Waals surface area contributed by atoms with E-state index in [1.165, 1.54) is 12.8 Å². The molecule has 2 heteroatoms. The fourth-order valence-corrected chi connectivity index (χ4v) is 3.07. The average Bonchev–Trinajstić information content (AvgIpc) is 2.05. The lowest BCUT2D eigenvalue weighted by Gasteiger charge is -2.12. The van der Waals surface area contributed by atoms with Crippen LogP contribution in [-0.4, -0.2) is 18.5 Å². The topological polar surface area (TPSA) is 17.1 Å². The Morgan fingerprint density at radius 1 is 1.00 bits per heavy atom. The quantitative estimate of drug-likeness (QED) is 0.446. The van der Waals surface area contributed by atoms with Gasteiger partial charge in [0.05, 0.1) is 7.14 Å². The van der Waals surface area contributed by atoms with Gasteiger partial charge in [0.15, 0.2) is 0 Å². The largest absolute Gasteiger partial charge is 0.324 e. The molecule has 0 aromatic heterocycles. The number of hydrogen-bond acceptors (Lipinski definition) is 1. The standard InChI is InChI=1S/C9H21OP/c1-4-7-8-9-11(10,5-2)6-3/h4-9H2,1-3H3. The Kier molecular flexibility index (Phi) is 5.95. The first kappa shape index (κ1) is 11.2. The molecule has 0 aliphatic heterocycles. The van der Waals surface area contributed by atoms with Gasteiger partial charge in [-0.15, -0.1) is 0 Å². The zero-order valence-electron chi connectivity index (χ0n) is 8.10. The molecule has 0 unspecified atom stereocenters. The minimum Gasteiger partial charge on any atom is -0.324 e. The fourth-order valence-electron chi connectivity index (χ4n) is 1.19. The minimum atomic E-state index is -1.71. The summed E-state index contributed by atoms with van der Waals surface area (Å²) in [6.07, 6.45) is 6.40. The van der Waals surface area contributed by atoms with Gasteiger partial charge >= 0.3 is 0 Å². The summed E-state index contributed by atoms with van der Waals surface area (Å²) in [5.41, 5.74) is 0. The van der Waals surface area contributed by atoms with E-state index in [1.807, 2.05) is 0 Å². The lowest BCUT2D eigenvalue weighted by atomic mass is 10.3. The van der Waals surface area contributed by atoms with Gasteiger partial charge in [-0.1, -0.05) is 33.6 Å². The molecule has 0 aromatic rings. The molecule has 0 saturated carbocycles. The Hall–Kier alpha value is 0.230. The predicted octanol–water partition coefficient (Wildman–Crippen LogP) is 3.58. The zero-order chi connectivity index (χ0) is 8.74. The van der Waals surface area contributed by atoms with E-state index >= 15 is 0 Å². The molecule has 68 valence electrons. The van der Waals surface area contributed by atoms with Gasteiger partial charge in [0.2, 0.25) is 0 Å². The third-order valence-corrected chi connectivity index (χ3v) is 5.76. The normalized spacial score (nSPS) is 11.9. The SMILES string of the molecule is CCCCCP(=O)(CC)CC. The van der Waals surface area contributed by atoms with Crippen LogP contribution in [0.1, 0.15) is 40.0 Å². The Morgan fingerprint density at radius 3 is 1.91 bits per heavy atom. The molecule has 0 radical (unpaired) electrons. The molecule has 1 nitrogen and oxygen atoms in total. The fraction of sp³-hybridized carbons (Fsp3) is 1.00. The van der Waals surface area contributed by atoms with Gasteiger partial charge < -0.3 is 4.57 Å². The van der Waals surface area contributed by atoms with Crippen LogP contribution in [0.5, 0.6) is 0 Å². The Labute approximate surface area is 70.9 Å². The van der Waals surface area contributed by atoms with E-state index in [0.717, 1.165) is 24.9 Å². The van der Waals surface area contributed by atoms with Gasteiger partial charge in [-0.25, -0.2) is 0 Å². The van der Waals surface area contributed by atoms with Crippen molar-refractivity contribution in [3.63, 3.8) is 0 Å². The lowest BCUT2D eigenvalue weighted by Crippen LogP contribution is -1.95. The van der Waals surface area contributed by atoms with Gasteiger partial charge in [-0.05, 0) is 18.7 Å². The molecular weight excluding hydrogens is 155 g/mol. The van der Waals surface area contributed by atoms with Crippen molar-refractivity contribution in [3.05, 3.63) is 0 Å². The summed E-state index contributed by atoms with van der Waals surface area (Å²) in [4.78, 5) is 0. The number of hydrogen-bond donors (Lipinski definition) is 0. The number of rotatable bonds is 6. The molecule has 0 rings (SSSR count). The molecule has 11 heavy (non-hydrogen) atoms. The summed E-state index contributed by atoms with van der Waals surface area (Å²) < 4.78 is 11.8. The minimum absolute atomic E-state index is 0.896. The first-order chi connectivity index (χ1) is 5.18. The summed E-state index contributed by atoms with van der Waals surface area (Å²) in [6.45, 7) is 6.29. The molecule has 0 atom stereocenters. The van der Waals surface area contributed by atoms with Crippen molar-refractivity contribution >= 4 is 7.14 Å². The van der Waals surface area contributed by atoms with Crippen molar-refractivity contribution in [2.24, 2.45) is 0 Å². The Bertz CT molecular complexity index is 124. The first-order valence-corrected chi connectivity index (χ1v) is 7.02. The summed E-state index contributed by atoms with van der Waals surface area (Å²) >= 11 is 0. The van der Waals surface area contributed by atoms with E-state index in [4.69, 9.17) is 0 Å². The Morgan fingerprint density at radius 2 is 1.55 bits per heavy atom. The monoisotopic (exact) mass is 176 g/mol. The highest BCUT2D eigenvalue weighted by Gasteiger charge is 2.15. The van der Waals surface area contributed by atoms with Crippen molar-refractivity contribution in [1.82, 2.24) is 0 Å². The molecule has 0 aliphatic carbocycles. The van der Waals surface area contributed by atoms with Crippen LogP contribution >= 0.6 is 7.14 Å². The van der Waals surface area contributed by atoms with E-state index in [2.05, 4.69) is 20.8 Å². The summed E-state index contributed by atoms with van der Waals surface area (Å²) in [5.74, 6) is 0. The van der Waals surface area contributed by atoms with Crippen LogP contribution in [0.4, 0.5) is 0 Å². The highest BCUT2D eigenvalue weighted by atomic mass is 31.2. The van der Waals surface area contributed by atoms with Gasteiger partial charge in [0.1, 0.15) is 0 Å². The van der Waals surface area contributed by atoms with E-state index in [-0.39, 0.29) is 0 Å². The van der Waals surface area contributed by atoms with Crippen LogP contribution in [0.2, 0.25) is 0 Å². The molecule has 0 aliphatic rings. The van der Waals surface area contributed by atoms with E-state index in [1.54, 1.807) is 0 Å². The molecule has 0 bridgehead atoms. The van der Waals surface area contributed by atoms with E-state index < -0.39 is 7.14 Å². The predicted molar refractivity (Wildman–Crippen MR) is 53.1 cm³/mol. The van der Waals surface area contributed by atoms with Crippen molar-refractivity contribution in [2.45, 2.75) is 40.0 Å². The molecule has 0 spiro atoms. The second-order valence-corrected chi connectivity index (χ2v) is 6.95. The van der Waals surface area contributed by atoms with Crippen LogP contribution in [-0.2, 0) is 4.57 Å². The van der Waals surface area contributed by atoms with Crippen LogP contribution in [0.15, 0.2) is 0 Å². The van der Waals surface area contributed by atoms with Crippen LogP contribution in [0.3, 0.4) is 0 Å². The molecule has 0 saturated heterocycles. The van der Waals surface area contributed by atoms with Gasteiger partial charge in [0.25, 0.3) is 0 Å². The van der Waals surface area contributed by atoms with Crippen molar-refractivity contribution in [2.75, 3.05) is 18.5 Å². The molecule has 0 N–H and O–H groups in total. The Balaban J connectivity index is 3.61. The summed E-state index contributed by atoms with van der Waals surface area (Å²) in [6, 6.07) is 0. The second kappa shape index (κ2) is 5.83. The van der Waals surface area contributed by atoms with Crippen LogP contribution in [0.25, 0.3) is 0 Å². The molecular formula is C9H21OP. The smallest absolute Gasteiger partial charge is 0.0872 e. The lowest BCUT2D eigenvalue weighted by molar-refractivity contribution is 0.572. The van der Waals surface area contributed by atoms with Gasteiger partial charge in [-0.3, -0.25) is 0 Å². The molecule has 0 amide bonds. The average molecular weight is 176 g/mol. The molecule has 0 fully saturated rings.